The zero-order valence-corrected chi connectivity index (χ0v) is 10.5. The van der Waals surface area contributed by atoms with Crippen LogP contribution in [0.2, 0.25) is 5.02 Å². The van der Waals surface area contributed by atoms with Gasteiger partial charge in [-0.3, -0.25) is 0 Å². The van der Waals surface area contributed by atoms with Gasteiger partial charge in [0.15, 0.2) is 0 Å². The molecule has 2 nitrogen and oxygen atoms in total. The lowest BCUT2D eigenvalue weighted by Gasteiger charge is -2.09. The average Bonchev–Trinajstić information content (AvgIpc) is 2.41. The second-order valence-corrected chi connectivity index (χ2v) is 4.28. The van der Waals surface area contributed by atoms with Gasteiger partial charge in [0.2, 0.25) is 0 Å². The van der Waals surface area contributed by atoms with Gasteiger partial charge in [-0.25, -0.2) is 8.78 Å². The van der Waals surface area contributed by atoms with Gasteiger partial charge in [-0.1, -0.05) is 23.7 Å². The smallest absolute Gasteiger partial charge is 0.145 e. The van der Waals surface area contributed by atoms with Crippen LogP contribution in [0, 0.1) is 23.0 Å². The number of hydrogen-bond donors (Lipinski definition) is 1. The van der Waals surface area contributed by atoms with Crippen molar-refractivity contribution in [1.29, 1.82) is 5.26 Å². The minimum absolute atomic E-state index is 0.0235. The summed E-state index contributed by atoms with van der Waals surface area (Å²) in [6, 6.07) is 10.2. The van der Waals surface area contributed by atoms with E-state index in [-0.39, 0.29) is 12.1 Å². The van der Waals surface area contributed by atoms with Gasteiger partial charge in [0.05, 0.1) is 16.3 Å². The third-order valence-electron chi connectivity index (χ3n) is 2.60. The van der Waals surface area contributed by atoms with Crippen molar-refractivity contribution in [3.8, 4) is 6.07 Å². The third kappa shape index (κ3) is 3.01. The molecule has 19 heavy (non-hydrogen) atoms. The van der Waals surface area contributed by atoms with Crippen molar-refractivity contribution < 1.29 is 8.78 Å². The fourth-order valence-electron chi connectivity index (χ4n) is 1.63. The fourth-order valence-corrected chi connectivity index (χ4v) is 1.81. The molecule has 0 saturated heterocycles. The first-order chi connectivity index (χ1) is 9.11. The molecular weight excluding hydrogens is 270 g/mol. The molecule has 2 aromatic carbocycles. The van der Waals surface area contributed by atoms with Crippen molar-refractivity contribution in [2.45, 2.75) is 6.54 Å². The van der Waals surface area contributed by atoms with E-state index in [9.17, 15) is 8.78 Å². The van der Waals surface area contributed by atoms with Crippen LogP contribution < -0.4 is 5.32 Å². The number of rotatable bonds is 3. The lowest BCUT2D eigenvalue weighted by atomic mass is 10.1. The lowest BCUT2D eigenvalue weighted by Crippen LogP contribution is -2.03. The van der Waals surface area contributed by atoms with E-state index in [1.165, 1.54) is 24.3 Å². The standard InChI is InChI=1S/C14H9ClF2N2/c15-12-5-4-11(16)6-13(12)19-8-10-3-1-2-9(7-18)14(10)17/h1-6,19H,8H2. The Balaban J connectivity index is 2.20. The van der Waals surface area contributed by atoms with E-state index in [2.05, 4.69) is 5.32 Å². The van der Waals surface area contributed by atoms with Crippen LogP contribution in [0.1, 0.15) is 11.1 Å². The van der Waals surface area contributed by atoms with Crippen molar-refractivity contribution in [2.24, 2.45) is 0 Å². The molecule has 0 aliphatic carbocycles. The molecule has 0 saturated carbocycles. The van der Waals surface area contributed by atoms with E-state index in [1.807, 2.05) is 0 Å². The molecule has 0 aromatic heterocycles. The minimum Gasteiger partial charge on any atom is -0.380 e. The van der Waals surface area contributed by atoms with E-state index < -0.39 is 11.6 Å². The highest BCUT2D eigenvalue weighted by atomic mass is 35.5. The maximum Gasteiger partial charge on any atom is 0.145 e. The minimum atomic E-state index is -0.579. The SMILES string of the molecule is N#Cc1cccc(CNc2cc(F)ccc2Cl)c1F. The quantitative estimate of drug-likeness (QED) is 0.917. The van der Waals surface area contributed by atoms with Crippen LogP contribution in [-0.4, -0.2) is 0 Å². The second-order valence-electron chi connectivity index (χ2n) is 3.87. The van der Waals surface area contributed by atoms with Crippen LogP contribution in [0.25, 0.3) is 0 Å². The first-order valence-electron chi connectivity index (χ1n) is 5.48. The molecule has 0 fully saturated rings. The number of anilines is 1. The van der Waals surface area contributed by atoms with Crippen molar-refractivity contribution >= 4 is 17.3 Å². The van der Waals surface area contributed by atoms with Crippen molar-refractivity contribution in [3.05, 3.63) is 64.2 Å². The Bertz CT molecular complexity index is 650. The first-order valence-corrected chi connectivity index (χ1v) is 5.86. The van der Waals surface area contributed by atoms with E-state index in [0.717, 1.165) is 0 Å². The second kappa shape index (κ2) is 5.68. The summed E-state index contributed by atoms with van der Waals surface area (Å²) in [7, 11) is 0. The predicted octanol–water partition coefficient (Wildman–Crippen LogP) is 4.10. The summed E-state index contributed by atoms with van der Waals surface area (Å²) in [5.41, 5.74) is 0.674. The largest absolute Gasteiger partial charge is 0.380 e. The van der Waals surface area contributed by atoms with E-state index in [0.29, 0.717) is 16.3 Å². The highest BCUT2D eigenvalue weighted by Crippen LogP contribution is 2.23. The van der Waals surface area contributed by atoms with E-state index >= 15 is 0 Å². The molecule has 5 heteroatoms. The summed E-state index contributed by atoms with van der Waals surface area (Å²) < 4.78 is 26.8. The number of nitrogens with zero attached hydrogens (tertiary/aromatic N) is 1. The number of halogens is 3. The number of nitrogens with one attached hydrogen (secondary N) is 1. The Morgan fingerprint density at radius 3 is 2.74 bits per heavy atom. The molecule has 0 atom stereocenters. The van der Waals surface area contributed by atoms with Gasteiger partial charge in [0.25, 0.3) is 0 Å². The average molecular weight is 279 g/mol. The molecule has 0 spiro atoms. The highest BCUT2D eigenvalue weighted by Gasteiger charge is 2.08. The summed E-state index contributed by atoms with van der Waals surface area (Å²) in [4.78, 5) is 0. The molecule has 0 unspecified atom stereocenters. The molecule has 1 N–H and O–H groups in total. The fraction of sp³-hybridized carbons (Fsp3) is 0.0714. The monoisotopic (exact) mass is 278 g/mol. The Morgan fingerprint density at radius 1 is 1.21 bits per heavy atom. The molecule has 2 rings (SSSR count). The van der Waals surface area contributed by atoms with Crippen LogP contribution in [0.4, 0.5) is 14.5 Å². The molecule has 0 bridgehead atoms. The maximum absolute atomic E-state index is 13.8. The zero-order chi connectivity index (χ0) is 13.8. The highest BCUT2D eigenvalue weighted by molar-refractivity contribution is 6.33. The number of nitriles is 1. The molecule has 0 radical (unpaired) electrons. The van der Waals surface area contributed by atoms with Gasteiger partial charge >= 0.3 is 0 Å². The molecule has 96 valence electrons. The van der Waals surface area contributed by atoms with Crippen molar-refractivity contribution in [2.75, 3.05) is 5.32 Å². The van der Waals surface area contributed by atoms with Gasteiger partial charge in [-0.15, -0.1) is 0 Å². The first kappa shape index (κ1) is 13.3. The van der Waals surface area contributed by atoms with Crippen LogP contribution >= 0.6 is 11.6 Å². The zero-order valence-electron chi connectivity index (χ0n) is 9.75. The summed E-state index contributed by atoms with van der Waals surface area (Å²) in [6.07, 6.45) is 0. The molecule has 0 aliphatic rings. The lowest BCUT2D eigenvalue weighted by molar-refractivity contribution is 0.609. The number of benzene rings is 2. The Morgan fingerprint density at radius 2 is 2.00 bits per heavy atom. The maximum atomic E-state index is 13.8. The molecule has 0 amide bonds. The van der Waals surface area contributed by atoms with Gasteiger partial charge in [-0.05, 0) is 24.3 Å². The Hall–Kier alpha value is -2.12. The summed E-state index contributed by atoms with van der Waals surface area (Å²) in [6.45, 7) is 0.116. The predicted molar refractivity (Wildman–Crippen MR) is 69.9 cm³/mol. The summed E-state index contributed by atoms with van der Waals surface area (Å²) in [5.74, 6) is -1.01. The van der Waals surface area contributed by atoms with Crippen molar-refractivity contribution in [1.82, 2.24) is 0 Å². The van der Waals surface area contributed by atoms with Gasteiger partial charge < -0.3 is 5.32 Å². The van der Waals surface area contributed by atoms with E-state index in [1.54, 1.807) is 18.2 Å². The molecular formula is C14H9ClF2N2. The summed E-state index contributed by atoms with van der Waals surface area (Å²) in [5, 5.41) is 11.9. The third-order valence-corrected chi connectivity index (χ3v) is 2.93. The van der Waals surface area contributed by atoms with Gasteiger partial charge in [0, 0.05) is 12.1 Å². The van der Waals surface area contributed by atoms with Crippen molar-refractivity contribution in [3.63, 3.8) is 0 Å². The normalized spacial score (nSPS) is 10.0. The summed E-state index contributed by atoms with van der Waals surface area (Å²) >= 11 is 5.89. The van der Waals surface area contributed by atoms with Crippen LogP contribution in [0.3, 0.4) is 0 Å². The Kier molecular flexibility index (Phi) is 3.98. The molecule has 0 heterocycles. The molecule has 0 aliphatic heterocycles. The van der Waals surface area contributed by atoms with Gasteiger partial charge in [0.1, 0.15) is 17.7 Å². The topological polar surface area (TPSA) is 35.8 Å². The van der Waals surface area contributed by atoms with Crippen LogP contribution in [0.5, 0.6) is 0 Å². The van der Waals surface area contributed by atoms with Crippen LogP contribution in [-0.2, 0) is 6.54 Å². The Labute approximate surface area is 114 Å². The van der Waals surface area contributed by atoms with Gasteiger partial charge in [-0.2, -0.15) is 5.26 Å². The van der Waals surface area contributed by atoms with Crippen LogP contribution in [0.15, 0.2) is 36.4 Å². The van der Waals surface area contributed by atoms with E-state index in [4.69, 9.17) is 16.9 Å². The number of hydrogen-bond acceptors (Lipinski definition) is 2. The molecule has 2 aromatic rings.